The van der Waals surface area contributed by atoms with E-state index >= 15 is 0 Å². The van der Waals surface area contributed by atoms with Gasteiger partial charge in [0.2, 0.25) is 5.91 Å². The lowest BCUT2D eigenvalue weighted by Gasteiger charge is -2.15. The van der Waals surface area contributed by atoms with Crippen molar-refractivity contribution in [1.82, 2.24) is 5.32 Å². The molecule has 19 heavy (non-hydrogen) atoms. The van der Waals surface area contributed by atoms with E-state index in [1.165, 1.54) is 6.92 Å². The Morgan fingerprint density at radius 1 is 1.53 bits per heavy atom. The molecule has 0 aliphatic carbocycles. The average Bonchev–Trinajstić information content (AvgIpc) is 2.75. The Balaban J connectivity index is 2.26. The minimum absolute atomic E-state index is 0.205. The Kier molecular flexibility index (Phi) is 4.09. The molecule has 1 heterocycles. The van der Waals surface area contributed by atoms with Gasteiger partial charge in [0.25, 0.3) is 0 Å². The molecule has 102 valence electrons. The molecule has 1 aliphatic heterocycles. The van der Waals surface area contributed by atoms with E-state index < -0.39 is 12.0 Å². The van der Waals surface area contributed by atoms with Crippen molar-refractivity contribution in [1.29, 1.82) is 0 Å². The summed E-state index contributed by atoms with van der Waals surface area (Å²) in [7, 11) is 0. The van der Waals surface area contributed by atoms with Crippen LogP contribution in [-0.4, -0.2) is 29.6 Å². The molecule has 1 aromatic carbocycles. The molecular weight excluding hydrogens is 314 g/mol. The van der Waals surface area contributed by atoms with Crippen molar-refractivity contribution in [2.24, 2.45) is 0 Å². The van der Waals surface area contributed by atoms with Crippen LogP contribution in [0.1, 0.15) is 18.1 Å². The summed E-state index contributed by atoms with van der Waals surface area (Å²) in [6, 6.07) is 2.86. The van der Waals surface area contributed by atoms with Gasteiger partial charge in [0, 0.05) is 24.2 Å². The van der Waals surface area contributed by atoms with Crippen LogP contribution in [0.5, 0.6) is 5.75 Å². The summed E-state index contributed by atoms with van der Waals surface area (Å²) in [5, 5.41) is 11.6. The van der Waals surface area contributed by atoms with Crippen LogP contribution in [0, 0.1) is 0 Å². The molecule has 0 spiro atoms. The number of amides is 1. The van der Waals surface area contributed by atoms with E-state index in [4.69, 9.17) is 9.84 Å². The van der Waals surface area contributed by atoms with Crippen molar-refractivity contribution < 1.29 is 19.4 Å². The SMILES string of the molecule is CC(=O)NC(Cc1cc(Br)cc2c1OCC2)C(=O)O. The van der Waals surface area contributed by atoms with Crippen LogP contribution in [0.4, 0.5) is 0 Å². The second kappa shape index (κ2) is 5.61. The molecule has 1 atom stereocenters. The summed E-state index contributed by atoms with van der Waals surface area (Å²) < 4.78 is 6.43. The number of aliphatic carboxylic acids is 1. The maximum Gasteiger partial charge on any atom is 0.326 e. The third kappa shape index (κ3) is 3.26. The predicted molar refractivity (Wildman–Crippen MR) is 72.3 cm³/mol. The van der Waals surface area contributed by atoms with Gasteiger partial charge in [-0.25, -0.2) is 4.79 Å². The maximum absolute atomic E-state index is 11.2. The van der Waals surface area contributed by atoms with Crippen LogP contribution >= 0.6 is 15.9 Å². The summed E-state index contributed by atoms with van der Waals surface area (Å²) in [5.74, 6) is -0.665. The zero-order valence-electron chi connectivity index (χ0n) is 10.4. The predicted octanol–water partition coefficient (Wildman–Crippen LogP) is 1.52. The first kappa shape index (κ1) is 13.9. The van der Waals surface area contributed by atoms with E-state index in [0.717, 1.165) is 27.8 Å². The Hall–Kier alpha value is -1.56. The molecule has 0 radical (unpaired) electrons. The molecule has 0 saturated heterocycles. The first-order valence-electron chi connectivity index (χ1n) is 5.91. The van der Waals surface area contributed by atoms with Gasteiger partial charge in [-0.1, -0.05) is 15.9 Å². The quantitative estimate of drug-likeness (QED) is 0.879. The number of hydrogen-bond acceptors (Lipinski definition) is 3. The molecule has 6 heteroatoms. The molecule has 1 aromatic rings. The number of carboxylic acids is 1. The van der Waals surface area contributed by atoms with E-state index in [1.807, 2.05) is 12.1 Å². The minimum atomic E-state index is -1.05. The second-order valence-electron chi connectivity index (χ2n) is 4.45. The Bertz CT molecular complexity index is 530. The fraction of sp³-hybridized carbons (Fsp3) is 0.385. The fourth-order valence-electron chi connectivity index (χ4n) is 2.16. The summed E-state index contributed by atoms with van der Waals surface area (Å²) in [6.07, 6.45) is 1.02. The largest absolute Gasteiger partial charge is 0.493 e. The molecule has 0 aromatic heterocycles. The number of carbonyl (C=O) groups excluding carboxylic acids is 1. The van der Waals surface area contributed by atoms with Crippen LogP contribution in [0.15, 0.2) is 16.6 Å². The van der Waals surface area contributed by atoms with E-state index in [2.05, 4.69) is 21.2 Å². The topological polar surface area (TPSA) is 75.6 Å². The standard InChI is InChI=1S/C13H14BrNO4/c1-7(16)15-11(13(17)18)6-9-5-10(14)4-8-2-3-19-12(8)9/h4-5,11H,2-3,6H2,1H3,(H,15,16)(H,17,18). The zero-order chi connectivity index (χ0) is 14.0. The molecule has 2 rings (SSSR count). The molecular formula is C13H14BrNO4. The summed E-state index contributed by atoms with van der Waals surface area (Å²) in [6.45, 7) is 1.91. The highest BCUT2D eigenvalue weighted by molar-refractivity contribution is 9.10. The number of carbonyl (C=O) groups is 2. The molecule has 0 bridgehead atoms. The molecule has 2 N–H and O–H groups in total. The van der Waals surface area contributed by atoms with E-state index in [-0.39, 0.29) is 12.3 Å². The first-order chi connectivity index (χ1) is 8.97. The fourth-order valence-corrected chi connectivity index (χ4v) is 2.72. The maximum atomic E-state index is 11.2. The summed E-state index contributed by atoms with van der Waals surface area (Å²) >= 11 is 3.40. The highest BCUT2D eigenvalue weighted by atomic mass is 79.9. The number of rotatable bonds is 4. The van der Waals surface area contributed by atoms with Gasteiger partial charge in [0.05, 0.1) is 6.61 Å². The van der Waals surface area contributed by atoms with Crippen molar-refractivity contribution in [3.63, 3.8) is 0 Å². The summed E-state index contributed by atoms with van der Waals surface area (Å²) in [4.78, 5) is 22.2. The van der Waals surface area contributed by atoms with Gasteiger partial charge < -0.3 is 15.2 Å². The molecule has 5 nitrogen and oxygen atoms in total. The van der Waals surface area contributed by atoms with Gasteiger partial charge in [0.1, 0.15) is 11.8 Å². The highest BCUT2D eigenvalue weighted by Crippen LogP contribution is 2.33. The number of hydrogen-bond donors (Lipinski definition) is 2. The smallest absolute Gasteiger partial charge is 0.326 e. The van der Waals surface area contributed by atoms with Crippen LogP contribution < -0.4 is 10.1 Å². The molecule has 0 fully saturated rings. The molecule has 1 amide bonds. The van der Waals surface area contributed by atoms with Crippen LogP contribution in [-0.2, 0) is 22.4 Å². The Morgan fingerprint density at radius 3 is 2.89 bits per heavy atom. The lowest BCUT2D eigenvalue weighted by molar-refractivity contribution is -0.141. The number of ether oxygens (including phenoxy) is 1. The number of halogens is 1. The highest BCUT2D eigenvalue weighted by Gasteiger charge is 2.24. The van der Waals surface area contributed by atoms with Crippen molar-refractivity contribution in [2.75, 3.05) is 6.61 Å². The second-order valence-corrected chi connectivity index (χ2v) is 5.36. The van der Waals surface area contributed by atoms with Crippen LogP contribution in [0.25, 0.3) is 0 Å². The lowest BCUT2D eigenvalue weighted by atomic mass is 10.0. The average molecular weight is 328 g/mol. The minimum Gasteiger partial charge on any atom is -0.493 e. The first-order valence-corrected chi connectivity index (χ1v) is 6.70. The summed E-state index contributed by atoms with van der Waals surface area (Å²) in [5.41, 5.74) is 1.86. The van der Waals surface area contributed by atoms with Crippen molar-refractivity contribution in [3.05, 3.63) is 27.7 Å². The number of carboxylic acid groups (broad SMARTS) is 1. The lowest BCUT2D eigenvalue weighted by Crippen LogP contribution is -2.41. The van der Waals surface area contributed by atoms with E-state index in [1.54, 1.807) is 0 Å². The van der Waals surface area contributed by atoms with Gasteiger partial charge in [-0.3, -0.25) is 4.79 Å². The number of nitrogens with one attached hydrogen (secondary N) is 1. The van der Waals surface area contributed by atoms with Gasteiger partial charge in [-0.15, -0.1) is 0 Å². The molecule has 1 aliphatic rings. The van der Waals surface area contributed by atoms with Crippen molar-refractivity contribution in [3.8, 4) is 5.75 Å². The third-order valence-electron chi connectivity index (χ3n) is 2.92. The number of benzene rings is 1. The van der Waals surface area contributed by atoms with Crippen molar-refractivity contribution >= 4 is 27.8 Å². The van der Waals surface area contributed by atoms with Crippen LogP contribution in [0.3, 0.4) is 0 Å². The monoisotopic (exact) mass is 327 g/mol. The van der Waals surface area contributed by atoms with Gasteiger partial charge >= 0.3 is 5.97 Å². The van der Waals surface area contributed by atoms with Gasteiger partial charge in [-0.05, 0) is 23.3 Å². The van der Waals surface area contributed by atoms with E-state index in [0.29, 0.717) is 6.61 Å². The third-order valence-corrected chi connectivity index (χ3v) is 3.38. The van der Waals surface area contributed by atoms with Crippen LogP contribution in [0.2, 0.25) is 0 Å². The zero-order valence-corrected chi connectivity index (χ0v) is 12.0. The Morgan fingerprint density at radius 2 is 2.26 bits per heavy atom. The normalized spacial score (nSPS) is 14.4. The molecule has 0 saturated carbocycles. The van der Waals surface area contributed by atoms with E-state index in [9.17, 15) is 9.59 Å². The Labute approximate surface area is 119 Å². The van der Waals surface area contributed by atoms with Gasteiger partial charge in [-0.2, -0.15) is 0 Å². The van der Waals surface area contributed by atoms with Gasteiger partial charge in [0.15, 0.2) is 0 Å². The van der Waals surface area contributed by atoms with Crippen molar-refractivity contribution in [2.45, 2.75) is 25.8 Å². The number of fused-ring (bicyclic) bond motifs is 1. The molecule has 1 unspecified atom stereocenters.